The van der Waals surface area contributed by atoms with Gasteiger partial charge >= 0.3 is 6.18 Å². The van der Waals surface area contributed by atoms with Gasteiger partial charge in [-0.2, -0.15) is 13.2 Å². The van der Waals surface area contributed by atoms with Crippen LogP contribution in [0.3, 0.4) is 0 Å². The van der Waals surface area contributed by atoms with Crippen molar-refractivity contribution in [1.29, 1.82) is 0 Å². The van der Waals surface area contributed by atoms with Gasteiger partial charge in [-0.1, -0.05) is 11.8 Å². The van der Waals surface area contributed by atoms with Crippen molar-refractivity contribution in [3.8, 4) is 11.8 Å². The Morgan fingerprint density at radius 1 is 1.12 bits per heavy atom. The molecule has 0 bridgehead atoms. The van der Waals surface area contributed by atoms with Crippen molar-refractivity contribution in [1.82, 2.24) is 4.90 Å². The molecule has 3 nitrogen and oxygen atoms in total. The SMILES string of the molecule is OCc1cc(C#Cc2ccc(C(F)(F)F)cc2)c(CN2CCOCC2)s1. The number of thiophene rings is 1. The first-order valence-corrected chi connectivity index (χ1v) is 8.99. The van der Waals surface area contributed by atoms with E-state index in [0.29, 0.717) is 18.8 Å². The van der Waals surface area contributed by atoms with E-state index in [1.165, 1.54) is 23.5 Å². The second-order valence-corrected chi connectivity index (χ2v) is 7.14. The first-order chi connectivity index (χ1) is 12.5. The number of morpholine rings is 1. The first kappa shape index (κ1) is 18.9. The van der Waals surface area contributed by atoms with Gasteiger partial charge in [-0.15, -0.1) is 11.3 Å². The van der Waals surface area contributed by atoms with Crippen molar-refractivity contribution >= 4 is 11.3 Å². The maximum absolute atomic E-state index is 12.6. The quantitative estimate of drug-likeness (QED) is 0.827. The second-order valence-electron chi connectivity index (χ2n) is 5.92. The molecule has 1 aliphatic heterocycles. The van der Waals surface area contributed by atoms with E-state index < -0.39 is 11.7 Å². The minimum atomic E-state index is -4.35. The molecule has 0 aliphatic carbocycles. The lowest BCUT2D eigenvalue weighted by molar-refractivity contribution is -0.137. The third kappa shape index (κ3) is 4.86. The fourth-order valence-corrected chi connectivity index (χ4v) is 3.65. The summed E-state index contributed by atoms with van der Waals surface area (Å²) in [4.78, 5) is 4.14. The molecule has 0 amide bonds. The van der Waals surface area contributed by atoms with Gasteiger partial charge in [-0.05, 0) is 30.3 Å². The van der Waals surface area contributed by atoms with Gasteiger partial charge in [0.1, 0.15) is 0 Å². The molecule has 7 heteroatoms. The first-order valence-electron chi connectivity index (χ1n) is 8.17. The summed E-state index contributed by atoms with van der Waals surface area (Å²) in [6.07, 6.45) is -4.35. The molecule has 0 spiro atoms. The van der Waals surface area contributed by atoms with E-state index in [2.05, 4.69) is 16.7 Å². The molecular formula is C19H18F3NO2S. The Balaban J connectivity index is 1.79. The van der Waals surface area contributed by atoms with E-state index in [9.17, 15) is 18.3 Å². The Labute approximate surface area is 154 Å². The molecule has 0 radical (unpaired) electrons. The smallest absolute Gasteiger partial charge is 0.391 e. The van der Waals surface area contributed by atoms with Crippen LogP contribution in [0.25, 0.3) is 0 Å². The van der Waals surface area contributed by atoms with Crippen LogP contribution in [0.5, 0.6) is 0 Å². The van der Waals surface area contributed by atoms with Crippen LogP contribution in [0, 0.1) is 11.8 Å². The Morgan fingerprint density at radius 3 is 2.42 bits per heavy atom. The monoisotopic (exact) mass is 381 g/mol. The van der Waals surface area contributed by atoms with Crippen molar-refractivity contribution in [2.24, 2.45) is 0 Å². The van der Waals surface area contributed by atoms with Crippen LogP contribution in [0.2, 0.25) is 0 Å². The van der Waals surface area contributed by atoms with E-state index in [4.69, 9.17) is 4.74 Å². The van der Waals surface area contributed by atoms with Crippen LogP contribution in [0.1, 0.15) is 26.4 Å². The number of aliphatic hydroxyl groups excluding tert-OH is 1. The van der Waals surface area contributed by atoms with Crippen LogP contribution in [0.15, 0.2) is 30.3 Å². The summed E-state index contributed by atoms with van der Waals surface area (Å²) >= 11 is 1.51. The van der Waals surface area contributed by atoms with E-state index >= 15 is 0 Å². The summed E-state index contributed by atoms with van der Waals surface area (Å²) in [6, 6.07) is 6.65. The highest BCUT2D eigenvalue weighted by molar-refractivity contribution is 7.12. The molecular weight excluding hydrogens is 363 g/mol. The van der Waals surface area contributed by atoms with Crippen molar-refractivity contribution < 1.29 is 23.0 Å². The molecule has 1 saturated heterocycles. The maximum atomic E-state index is 12.6. The summed E-state index contributed by atoms with van der Waals surface area (Å²) in [5, 5.41) is 9.40. The number of alkyl halides is 3. The highest BCUT2D eigenvalue weighted by atomic mass is 32.1. The van der Waals surface area contributed by atoms with Gasteiger partial charge in [0.15, 0.2) is 0 Å². The fourth-order valence-electron chi connectivity index (χ4n) is 2.63. The predicted octanol–water partition coefficient (Wildman–Crippen LogP) is 3.49. The molecule has 1 aliphatic rings. The number of nitrogens with zero attached hydrogens (tertiary/aromatic N) is 1. The number of hydrogen-bond donors (Lipinski definition) is 1. The summed E-state index contributed by atoms with van der Waals surface area (Å²) in [5.41, 5.74) is 0.645. The number of aliphatic hydroxyl groups is 1. The molecule has 1 aromatic heterocycles. The Hall–Kier alpha value is -1.85. The van der Waals surface area contributed by atoms with Gasteiger partial charge in [-0.3, -0.25) is 4.90 Å². The Morgan fingerprint density at radius 2 is 1.81 bits per heavy atom. The minimum Gasteiger partial charge on any atom is -0.391 e. The number of rotatable bonds is 3. The molecule has 26 heavy (non-hydrogen) atoms. The fraction of sp³-hybridized carbons (Fsp3) is 0.368. The third-order valence-corrected chi connectivity index (χ3v) is 5.15. The third-order valence-electron chi connectivity index (χ3n) is 4.04. The lowest BCUT2D eigenvalue weighted by Crippen LogP contribution is -2.35. The van der Waals surface area contributed by atoms with Crippen molar-refractivity contribution in [3.05, 3.63) is 56.8 Å². The van der Waals surface area contributed by atoms with E-state index in [0.717, 1.165) is 47.1 Å². The van der Waals surface area contributed by atoms with E-state index in [1.54, 1.807) is 0 Å². The Bertz CT molecular complexity index is 797. The molecule has 0 atom stereocenters. The zero-order valence-corrected chi connectivity index (χ0v) is 14.8. The van der Waals surface area contributed by atoms with Gasteiger partial charge in [-0.25, -0.2) is 0 Å². The minimum absolute atomic E-state index is 0.0528. The molecule has 138 valence electrons. The summed E-state index contributed by atoms with van der Waals surface area (Å²) in [5.74, 6) is 5.96. The molecule has 1 N–H and O–H groups in total. The molecule has 2 aromatic rings. The van der Waals surface area contributed by atoms with Crippen molar-refractivity contribution in [3.63, 3.8) is 0 Å². The van der Waals surface area contributed by atoms with Gasteiger partial charge in [0.25, 0.3) is 0 Å². The lowest BCUT2D eigenvalue weighted by atomic mass is 10.1. The van der Waals surface area contributed by atoms with Crippen molar-refractivity contribution in [2.45, 2.75) is 19.3 Å². The zero-order valence-electron chi connectivity index (χ0n) is 14.0. The van der Waals surface area contributed by atoms with Crippen LogP contribution in [-0.4, -0.2) is 36.3 Å². The lowest BCUT2D eigenvalue weighted by Gasteiger charge is -2.26. The van der Waals surface area contributed by atoms with E-state index in [1.807, 2.05) is 6.07 Å². The van der Waals surface area contributed by atoms with Crippen LogP contribution < -0.4 is 0 Å². The summed E-state index contributed by atoms with van der Waals surface area (Å²) < 4.78 is 43.2. The Kier molecular flexibility index (Phi) is 5.99. The van der Waals surface area contributed by atoms with Crippen LogP contribution in [-0.2, 0) is 24.1 Å². The second kappa shape index (κ2) is 8.23. The highest BCUT2D eigenvalue weighted by Gasteiger charge is 2.29. The normalized spacial score (nSPS) is 15.5. The largest absolute Gasteiger partial charge is 0.416 e. The average molecular weight is 381 g/mol. The van der Waals surface area contributed by atoms with Gasteiger partial charge in [0, 0.05) is 40.5 Å². The summed E-state index contributed by atoms with van der Waals surface area (Å²) in [6.45, 7) is 3.76. The summed E-state index contributed by atoms with van der Waals surface area (Å²) in [7, 11) is 0. The molecule has 3 rings (SSSR count). The van der Waals surface area contributed by atoms with Gasteiger partial charge < -0.3 is 9.84 Å². The molecule has 2 heterocycles. The average Bonchev–Trinajstić information content (AvgIpc) is 3.02. The van der Waals surface area contributed by atoms with Crippen molar-refractivity contribution in [2.75, 3.05) is 26.3 Å². The number of hydrogen-bond acceptors (Lipinski definition) is 4. The van der Waals surface area contributed by atoms with Crippen LogP contribution in [0.4, 0.5) is 13.2 Å². The number of benzene rings is 1. The van der Waals surface area contributed by atoms with Crippen LogP contribution >= 0.6 is 11.3 Å². The van der Waals surface area contributed by atoms with Gasteiger partial charge in [0.05, 0.1) is 25.4 Å². The predicted molar refractivity (Wildman–Crippen MR) is 93.8 cm³/mol. The molecule has 1 fully saturated rings. The molecule has 0 saturated carbocycles. The molecule has 0 unspecified atom stereocenters. The zero-order chi connectivity index (χ0) is 18.6. The number of halogens is 3. The molecule has 1 aromatic carbocycles. The van der Waals surface area contributed by atoms with Gasteiger partial charge in [0.2, 0.25) is 0 Å². The standard InChI is InChI=1S/C19H18F3NO2S/c20-19(21,22)16-5-2-14(3-6-16)1-4-15-11-17(13-24)26-18(15)12-23-7-9-25-10-8-23/h2-3,5-6,11,24H,7-10,12-13H2. The van der Waals surface area contributed by atoms with E-state index in [-0.39, 0.29) is 6.61 Å². The number of ether oxygens (including phenoxy) is 1. The highest BCUT2D eigenvalue weighted by Crippen LogP contribution is 2.29. The topological polar surface area (TPSA) is 32.7 Å². The maximum Gasteiger partial charge on any atom is 0.416 e.